The first-order valence-electron chi connectivity index (χ1n) is 6.32. The molecule has 0 aromatic carbocycles. The summed E-state index contributed by atoms with van der Waals surface area (Å²) in [7, 11) is 0. The summed E-state index contributed by atoms with van der Waals surface area (Å²) in [6, 6.07) is 0. The van der Waals surface area contributed by atoms with Gasteiger partial charge in [0.15, 0.2) is 0 Å². The molecule has 2 heterocycles. The van der Waals surface area contributed by atoms with Crippen molar-refractivity contribution in [1.82, 2.24) is 0 Å². The highest BCUT2D eigenvalue weighted by Crippen LogP contribution is 2.55. The molecule has 0 unspecified atom stereocenters. The molecule has 5 atom stereocenters. The lowest BCUT2D eigenvalue weighted by molar-refractivity contribution is -0.255. The zero-order chi connectivity index (χ0) is 15.3. The minimum atomic E-state index is -1.46. The molecule has 0 aliphatic carbocycles. The molecule has 3 N–H and O–H groups in total. The quantitative estimate of drug-likeness (QED) is 0.295. The first-order chi connectivity index (χ1) is 9.18. The van der Waals surface area contributed by atoms with Gasteiger partial charge in [0.2, 0.25) is 5.79 Å². The predicted molar refractivity (Wildman–Crippen MR) is 68.3 cm³/mol. The second-order valence-corrected chi connectivity index (χ2v) is 5.82. The van der Waals surface area contributed by atoms with Gasteiger partial charge in [0.1, 0.15) is 30.0 Å². The lowest BCUT2D eigenvalue weighted by atomic mass is 9.88. The summed E-state index contributed by atoms with van der Waals surface area (Å²) in [5.74, 6) is -1.40. The zero-order valence-electron chi connectivity index (χ0n) is 11.8. The number of azide groups is 1. The third kappa shape index (κ3) is 2.01. The summed E-state index contributed by atoms with van der Waals surface area (Å²) in [6.45, 7) is 6.80. The van der Waals surface area contributed by atoms with Crippen LogP contribution in [0.15, 0.2) is 16.4 Å². The van der Waals surface area contributed by atoms with E-state index in [4.69, 9.17) is 15.0 Å². The molecule has 2 aliphatic heterocycles. The van der Waals surface area contributed by atoms with Crippen LogP contribution in [0.25, 0.3) is 10.4 Å². The number of nitrogens with zero attached hydrogens (tertiary/aromatic N) is 3. The van der Waals surface area contributed by atoms with E-state index in [2.05, 4.69) is 10.0 Å². The van der Waals surface area contributed by atoms with E-state index in [1.165, 1.54) is 0 Å². The summed E-state index contributed by atoms with van der Waals surface area (Å²) in [6.07, 6.45) is -5.31. The Bertz CT molecular complexity index is 495. The van der Waals surface area contributed by atoms with Crippen LogP contribution in [0, 0.1) is 0 Å². The largest absolute Gasteiger partial charge is 0.387 e. The van der Waals surface area contributed by atoms with Crippen LogP contribution in [0.5, 0.6) is 0 Å². The van der Waals surface area contributed by atoms with Gasteiger partial charge in [0.25, 0.3) is 0 Å². The molecule has 0 radical (unpaired) electrons. The fourth-order valence-corrected chi connectivity index (χ4v) is 2.56. The Morgan fingerprint density at radius 2 is 1.75 bits per heavy atom. The van der Waals surface area contributed by atoms with Gasteiger partial charge in [-0.05, 0) is 33.2 Å². The first-order valence-corrected chi connectivity index (χ1v) is 6.32. The van der Waals surface area contributed by atoms with Crippen LogP contribution >= 0.6 is 0 Å². The fourth-order valence-electron chi connectivity index (χ4n) is 2.56. The van der Waals surface area contributed by atoms with Crippen LogP contribution in [0.3, 0.4) is 0 Å². The van der Waals surface area contributed by atoms with E-state index in [-0.39, 0.29) is 5.70 Å². The molecule has 2 saturated heterocycles. The molecule has 0 saturated carbocycles. The molecule has 0 aromatic rings. The van der Waals surface area contributed by atoms with Crippen molar-refractivity contribution in [3.63, 3.8) is 0 Å². The summed E-state index contributed by atoms with van der Waals surface area (Å²) in [5, 5.41) is 33.7. The highest BCUT2D eigenvalue weighted by Gasteiger charge is 2.75. The second-order valence-electron chi connectivity index (χ2n) is 5.82. The monoisotopic (exact) mass is 285 g/mol. The molecule has 8 nitrogen and oxygen atoms in total. The smallest absolute Gasteiger partial charge is 0.228 e. The van der Waals surface area contributed by atoms with Gasteiger partial charge in [0.05, 0.1) is 0 Å². The Morgan fingerprint density at radius 3 is 2.15 bits per heavy atom. The molecule has 2 fully saturated rings. The van der Waals surface area contributed by atoms with Crippen molar-refractivity contribution in [3.8, 4) is 0 Å². The number of rotatable bonds is 2. The van der Waals surface area contributed by atoms with Crippen LogP contribution < -0.4 is 0 Å². The number of allylic oxidation sites excluding steroid dienone is 1. The van der Waals surface area contributed by atoms with Gasteiger partial charge in [-0.1, -0.05) is 10.7 Å². The van der Waals surface area contributed by atoms with E-state index < -0.39 is 35.8 Å². The fraction of sp³-hybridized carbons (Fsp3) is 0.833. The molecule has 0 amide bonds. The van der Waals surface area contributed by atoms with Crippen LogP contribution in [-0.2, 0) is 9.47 Å². The molecule has 8 heteroatoms. The second kappa shape index (κ2) is 4.70. The highest BCUT2D eigenvalue weighted by atomic mass is 16.8. The van der Waals surface area contributed by atoms with Gasteiger partial charge in [-0.2, -0.15) is 0 Å². The van der Waals surface area contributed by atoms with Gasteiger partial charge in [-0.15, -0.1) is 0 Å². The highest BCUT2D eigenvalue weighted by molar-refractivity contribution is 5.23. The lowest BCUT2D eigenvalue weighted by Gasteiger charge is -2.40. The van der Waals surface area contributed by atoms with Crippen LogP contribution in [-0.4, -0.2) is 51.1 Å². The lowest BCUT2D eigenvalue weighted by Crippen LogP contribution is -2.61. The maximum absolute atomic E-state index is 10.1. The van der Waals surface area contributed by atoms with Gasteiger partial charge in [-0.25, -0.2) is 0 Å². The number of epoxide rings is 1. The molecule has 0 aromatic heterocycles. The average molecular weight is 285 g/mol. The SMILES string of the molecule is CC(C)=C(N=[N+]=[N-])[C@H]1O[C@]2(OC2(C)C)[C@H](O)[C@@H](O)[C@H]1O. The van der Waals surface area contributed by atoms with E-state index in [0.29, 0.717) is 5.57 Å². The Kier molecular flexibility index (Phi) is 3.58. The van der Waals surface area contributed by atoms with Gasteiger partial charge >= 0.3 is 0 Å². The third-order valence-electron chi connectivity index (χ3n) is 3.81. The van der Waals surface area contributed by atoms with E-state index in [1.807, 2.05) is 0 Å². The molecule has 0 bridgehead atoms. The van der Waals surface area contributed by atoms with Crippen LogP contribution in [0.4, 0.5) is 0 Å². The van der Waals surface area contributed by atoms with E-state index in [0.717, 1.165) is 0 Å². The van der Waals surface area contributed by atoms with E-state index in [1.54, 1.807) is 27.7 Å². The number of aliphatic hydroxyl groups is 3. The number of hydrogen-bond acceptors (Lipinski definition) is 6. The number of aliphatic hydroxyl groups excluding tert-OH is 3. The Balaban J connectivity index is 2.40. The average Bonchev–Trinajstić information content (AvgIpc) is 2.91. The molecule has 2 aliphatic rings. The van der Waals surface area contributed by atoms with Crippen molar-refractivity contribution >= 4 is 0 Å². The molecule has 112 valence electrons. The third-order valence-corrected chi connectivity index (χ3v) is 3.81. The van der Waals surface area contributed by atoms with Crippen molar-refractivity contribution in [1.29, 1.82) is 0 Å². The summed E-state index contributed by atoms with van der Waals surface area (Å²) in [5.41, 5.74) is 8.64. The van der Waals surface area contributed by atoms with Crippen LogP contribution in [0.2, 0.25) is 0 Å². The zero-order valence-corrected chi connectivity index (χ0v) is 11.8. The number of ether oxygens (including phenoxy) is 2. The summed E-state index contributed by atoms with van der Waals surface area (Å²) in [4.78, 5) is 2.71. The molecule has 20 heavy (non-hydrogen) atoms. The van der Waals surface area contributed by atoms with E-state index in [9.17, 15) is 15.3 Å². The predicted octanol–water partition coefficient (Wildman–Crippen LogP) is 0.577. The van der Waals surface area contributed by atoms with Gasteiger partial charge in [-0.3, -0.25) is 0 Å². The van der Waals surface area contributed by atoms with Gasteiger partial charge in [0, 0.05) is 10.6 Å². The van der Waals surface area contributed by atoms with Crippen LogP contribution in [0.1, 0.15) is 27.7 Å². The minimum absolute atomic E-state index is 0.177. The minimum Gasteiger partial charge on any atom is -0.387 e. The maximum Gasteiger partial charge on any atom is 0.228 e. The maximum atomic E-state index is 10.1. The molecule has 1 spiro atoms. The Hall–Kier alpha value is -1.15. The standard InChI is InChI=1S/C12H19N3O5/c1-5(2)6(14-15-13)9-7(16)8(17)10(18)12(19-9)11(3,4)20-12/h7-10,16-18H,1-4H3/t7-,8+,9-,10-,12+/m1/s1. The first kappa shape index (κ1) is 15.2. The molecular formula is C12H19N3O5. The Labute approximate surface area is 116 Å². The Morgan fingerprint density at radius 1 is 1.20 bits per heavy atom. The summed E-state index contributed by atoms with van der Waals surface area (Å²) < 4.78 is 11.1. The van der Waals surface area contributed by atoms with Crippen molar-refractivity contribution in [3.05, 3.63) is 21.7 Å². The van der Waals surface area contributed by atoms with Crippen molar-refractivity contribution in [2.45, 2.75) is 63.5 Å². The summed E-state index contributed by atoms with van der Waals surface area (Å²) >= 11 is 0. The molecular weight excluding hydrogens is 266 g/mol. The van der Waals surface area contributed by atoms with Crippen molar-refractivity contribution in [2.24, 2.45) is 5.11 Å². The number of hydrogen-bond donors (Lipinski definition) is 3. The van der Waals surface area contributed by atoms with Crippen molar-refractivity contribution in [2.75, 3.05) is 0 Å². The topological polar surface area (TPSA) is 131 Å². The van der Waals surface area contributed by atoms with E-state index >= 15 is 0 Å². The van der Waals surface area contributed by atoms with Crippen molar-refractivity contribution < 1.29 is 24.8 Å². The normalized spacial score (nSPS) is 42.0. The molecule has 2 rings (SSSR count). The van der Waals surface area contributed by atoms with Gasteiger partial charge < -0.3 is 24.8 Å².